The SMILES string of the molecule is CNCc1ccc(CN2CCSCC2C)o1. The first-order valence-electron chi connectivity index (χ1n) is 5.83. The van der Waals surface area contributed by atoms with E-state index in [4.69, 9.17) is 4.42 Å². The van der Waals surface area contributed by atoms with Gasteiger partial charge in [0.15, 0.2) is 0 Å². The molecule has 0 aromatic carbocycles. The van der Waals surface area contributed by atoms with Crippen LogP contribution in [0.4, 0.5) is 0 Å². The van der Waals surface area contributed by atoms with E-state index in [0.717, 1.165) is 24.6 Å². The third kappa shape index (κ3) is 3.03. The van der Waals surface area contributed by atoms with Gasteiger partial charge in [-0.3, -0.25) is 4.90 Å². The van der Waals surface area contributed by atoms with Gasteiger partial charge in [-0.25, -0.2) is 0 Å². The molecule has 0 radical (unpaired) electrons. The molecule has 2 rings (SSSR count). The van der Waals surface area contributed by atoms with Crippen molar-refractivity contribution in [3.8, 4) is 0 Å². The van der Waals surface area contributed by atoms with Gasteiger partial charge in [0.25, 0.3) is 0 Å². The Morgan fingerprint density at radius 1 is 1.50 bits per heavy atom. The van der Waals surface area contributed by atoms with Gasteiger partial charge in [0.2, 0.25) is 0 Å². The van der Waals surface area contributed by atoms with Crippen LogP contribution >= 0.6 is 11.8 Å². The molecule has 1 unspecified atom stereocenters. The molecule has 0 amide bonds. The summed E-state index contributed by atoms with van der Waals surface area (Å²) in [6, 6.07) is 4.83. The molecule has 0 spiro atoms. The minimum Gasteiger partial charge on any atom is -0.463 e. The van der Waals surface area contributed by atoms with Crippen molar-refractivity contribution < 1.29 is 4.42 Å². The first kappa shape index (κ1) is 12.0. The number of thioether (sulfide) groups is 1. The molecule has 1 saturated heterocycles. The Kier molecular flexibility index (Phi) is 4.32. The average molecular weight is 240 g/mol. The predicted molar refractivity (Wildman–Crippen MR) is 68.7 cm³/mol. The Balaban J connectivity index is 1.91. The van der Waals surface area contributed by atoms with Crippen LogP contribution in [0, 0.1) is 0 Å². The Morgan fingerprint density at radius 2 is 2.31 bits per heavy atom. The zero-order valence-electron chi connectivity index (χ0n) is 10.0. The number of furan rings is 1. The Hall–Kier alpha value is -0.450. The summed E-state index contributed by atoms with van der Waals surface area (Å²) >= 11 is 2.05. The summed E-state index contributed by atoms with van der Waals surface area (Å²) in [5.41, 5.74) is 0. The average Bonchev–Trinajstić information content (AvgIpc) is 2.70. The number of nitrogens with one attached hydrogen (secondary N) is 1. The van der Waals surface area contributed by atoms with E-state index in [-0.39, 0.29) is 0 Å². The topological polar surface area (TPSA) is 28.4 Å². The second-order valence-electron chi connectivity index (χ2n) is 4.29. The quantitative estimate of drug-likeness (QED) is 0.870. The first-order chi connectivity index (χ1) is 7.79. The van der Waals surface area contributed by atoms with Crippen LogP contribution in [-0.2, 0) is 13.1 Å². The fraction of sp³-hybridized carbons (Fsp3) is 0.667. The molecule has 1 aromatic rings. The van der Waals surface area contributed by atoms with Gasteiger partial charge in [0.05, 0.1) is 13.1 Å². The highest BCUT2D eigenvalue weighted by Crippen LogP contribution is 2.19. The standard InChI is InChI=1S/C12H20N2OS/c1-10-9-16-6-5-14(10)8-12-4-3-11(15-12)7-13-2/h3-4,10,13H,5-9H2,1-2H3. The number of nitrogens with zero attached hydrogens (tertiary/aromatic N) is 1. The van der Waals surface area contributed by atoms with Gasteiger partial charge in [-0.1, -0.05) is 0 Å². The number of hydrogen-bond donors (Lipinski definition) is 1. The van der Waals surface area contributed by atoms with Gasteiger partial charge in [-0.15, -0.1) is 0 Å². The lowest BCUT2D eigenvalue weighted by Crippen LogP contribution is -2.39. The lowest BCUT2D eigenvalue weighted by molar-refractivity contribution is 0.204. The van der Waals surface area contributed by atoms with E-state index in [9.17, 15) is 0 Å². The third-order valence-electron chi connectivity index (χ3n) is 2.93. The van der Waals surface area contributed by atoms with Gasteiger partial charge >= 0.3 is 0 Å². The van der Waals surface area contributed by atoms with E-state index in [1.165, 1.54) is 18.1 Å². The summed E-state index contributed by atoms with van der Waals surface area (Å²) in [6.07, 6.45) is 0. The summed E-state index contributed by atoms with van der Waals surface area (Å²) in [7, 11) is 1.94. The van der Waals surface area contributed by atoms with Gasteiger partial charge in [-0.2, -0.15) is 11.8 Å². The van der Waals surface area contributed by atoms with Crippen LogP contribution in [0.2, 0.25) is 0 Å². The molecule has 1 aliphatic heterocycles. The maximum absolute atomic E-state index is 5.76. The fourth-order valence-electron chi connectivity index (χ4n) is 1.97. The normalized spacial score (nSPS) is 22.5. The molecule has 1 fully saturated rings. The molecular weight excluding hydrogens is 220 g/mol. The highest BCUT2D eigenvalue weighted by atomic mass is 32.2. The van der Waals surface area contributed by atoms with Crippen molar-refractivity contribution in [1.82, 2.24) is 10.2 Å². The molecule has 2 heterocycles. The van der Waals surface area contributed by atoms with Crippen LogP contribution in [0.1, 0.15) is 18.4 Å². The van der Waals surface area contributed by atoms with E-state index in [2.05, 4.69) is 29.3 Å². The van der Waals surface area contributed by atoms with Crippen LogP contribution in [0.25, 0.3) is 0 Å². The molecule has 4 heteroatoms. The Bertz CT molecular complexity index is 327. The van der Waals surface area contributed by atoms with Crippen molar-refractivity contribution in [2.24, 2.45) is 0 Å². The monoisotopic (exact) mass is 240 g/mol. The minimum absolute atomic E-state index is 0.664. The number of rotatable bonds is 4. The lowest BCUT2D eigenvalue weighted by Gasteiger charge is -2.32. The van der Waals surface area contributed by atoms with E-state index in [0.29, 0.717) is 6.04 Å². The second-order valence-corrected chi connectivity index (χ2v) is 5.44. The molecule has 1 aliphatic rings. The second kappa shape index (κ2) is 5.75. The summed E-state index contributed by atoms with van der Waals surface area (Å²) in [5, 5.41) is 3.10. The van der Waals surface area contributed by atoms with Gasteiger partial charge < -0.3 is 9.73 Å². The molecule has 1 N–H and O–H groups in total. The maximum atomic E-state index is 5.76. The van der Waals surface area contributed by atoms with Crippen molar-refractivity contribution in [3.63, 3.8) is 0 Å². The van der Waals surface area contributed by atoms with Crippen LogP contribution in [-0.4, -0.2) is 36.0 Å². The van der Waals surface area contributed by atoms with Crippen molar-refractivity contribution in [2.75, 3.05) is 25.1 Å². The molecule has 16 heavy (non-hydrogen) atoms. The summed E-state index contributed by atoms with van der Waals surface area (Å²) in [4.78, 5) is 2.50. The molecule has 90 valence electrons. The lowest BCUT2D eigenvalue weighted by atomic mass is 10.3. The molecule has 0 aliphatic carbocycles. The van der Waals surface area contributed by atoms with Crippen molar-refractivity contribution in [3.05, 3.63) is 23.7 Å². The van der Waals surface area contributed by atoms with Gasteiger partial charge in [0, 0.05) is 24.1 Å². The highest BCUT2D eigenvalue weighted by Gasteiger charge is 2.19. The smallest absolute Gasteiger partial charge is 0.118 e. The summed E-state index contributed by atoms with van der Waals surface area (Å²) < 4.78 is 5.76. The van der Waals surface area contributed by atoms with Crippen LogP contribution in [0.5, 0.6) is 0 Å². The van der Waals surface area contributed by atoms with E-state index in [1.54, 1.807) is 0 Å². The molecule has 0 bridgehead atoms. The van der Waals surface area contributed by atoms with Crippen molar-refractivity contribution in [1.29, 1.82) is 0 Å². The zero-order valence-corrected chi connectivity index (χ0v) is 10.8. The van der Waals surface area contributed by atoms with E-state index < -0.39 is 0 Å². The maximum Gasteiger partial charge on any atom is 0.118 e. The number of hydrogen-bond acceptors (Lipinski definition) is 4. The van der Waals surface area contributed by atoms with E-state index in [1.807, 2.05) is 18.8 Å². The Labute approximate surface area is 102 Å². The molecule has 3 nitrogen and oxygen atoms in total. The first-order valence-corrected chi connectivity index (χ1v) is 6.99. The van der Waals surface area contributed by atoms with Crippen LogP contribution in [0.15, 0.2) is 16.5 Å². The predicted octanol–water partition coefficient (Wildman–Crippen LogP) is 1.94. The van der Waals surface area contributed by atoms with Gasteiger partial charge in [0.1, 0.15) is 11.5 Å². The Morgan fingerprint density at radius 3 is 3.06 bits per heavy atom. The molecule has 1 atom stereocenters. The van der Waals surface area contributed by atoms with Crippen molar-refractivity contribution in [2.45, 2.75) is 26.1 Å². The van der Waals surface area contributed by atoms with Crippen LogP contribution in [0.3, 0.4) is 0 Å². The third-order valence-corrected chi connectivity index (χ3v) is 4.12. The van der Waals surface area contributed by atoms with Gasteiger partial charge in [-0.05, 0) is 26.1 Å². The van der Waals surface area contributed by atoms with Crippen LogP contribution < -0.4 is 5.32 Å². The molecule has 1 aromatic heterocycles. The zero-order chi connectivity index (χ0) is 11.4. The van der Waals surface area contributed by atoms with Crippen molar-refractivity contribution >= 4 is 11.8 Å². The molecule has 0 saturated carbocycles. The molecular formula is C12H20N2OS. The van der Waals surface area contributed by atoms with E-state index >= 15 is 0 Å². The minimum atomic E-state index is 0.664. The summed E-state index contributed by atoms with van der Waals surface area (Å²) in [5.74, 6) is 4.60. The summed E-state index contributed by atoms with van der Waals surface area (Å²) in [6.45, 7) is 5.23. The highest BCUT2D eigenvalue weighted by molar-refractivity contribution is 7.99. The largest absolute Gasteiger partial charge is 0.463 e. The fourth-order valence-corrected chi connectivity index (χ4v) is 3.06.